The van der Waals surface area contributed by atoms with Gasteiger partial charge in [0, 0.05) is 11.0 Å². The zero-order valence-corrected chi connectivity index (χ0v) is 13.7. The molecular formula is C18H16ClLiO3. The minimum absolute atomic E-state index is 0. The van der Waals surface area contributed by atoms with Gasteiger partial charge < -0.3 is 15.0 Å². The Morgan fingerprint density at radius 3 is 2.39 bits per heavy atom. The smallest absolute Gasteiger partial charge is 0.550 e. The second-order valence-corrected chi connectivity index (χ2v) is 5.42. The number of carboxylic acids is 1. The standard InChI is InChI=1S/C18H17ClO3.Li/c19-16-3-1-2-14(12-16)5-4-13-6-8-15(9-7-13)17(20)10-11-18(21)22;/h1-9,12,17,20H,10-11H2,(H,21,22);/q;+1/p-1/b5-4+;. The van der Waals surface area contributed by atoms with E-state index in [4.69, 9.17) is 11.6 Å². The monoisotopic (exact) mass is 322 g/mol. The summed E-state index contributed by atoms with van der Waals surface area (Å²) in [7, 11) is 0. The van der Waals surface area contributed by atoms with E-state index in [-0.39, 0.29) is 31.7 Å². The van der Waals surface area contributed by atoms with Gasteiger partial charge in [-0.2, -0.15) is 0 Å². The molecule has 0 spiro atoms. The second-order valence-electron chi connectivity index (χ2n) is 4.98. The zero-order chi connectivity index (χ0) is 15.9. The fourth-order valence-electron chi connectivity index (χ4n) is 2.05. The average Bonchev–Trinajstić information content (AvgIpc) is 2.51. The summed E-state index contributed by atoms with van der Waals surface area (Å²) in [5, 5.41) is 21.0. The summed E-state index contributed by atoms with van der Waals surface area (Å²) < 4.78 is 0. The Morgan fingerprint density at radius 2 is 1.78 bits per heavy atom. The van der Waals surface area contributed by atoms with Crippen molar-refractivity contribution in [1.82, 2.24) is 0 Å². The summed E-state index contributed by atoms with van der Waals surface area (Å²) in [6.45, 7) is 0. The Labute approximate surface area is 152 Å². The molecule has 0 bridgehead atoms. The SMILES string of the molecule is O=C([O-])CCC(O)c1ccc(/C=C/c2cccc(Cl)c2)cc1.[Li+]. The fraction of sp³-hybridized carbons (Fsp3) is 0.167. The molecule has 0 saturated carbocycles. The van der Waals surface area contributed by atoms with Crippen LogP contribution in [0.5, 0.6) is 0 Å². The van der Waals surface area contributed by atoms with E-state index in [1.807, 2.05) is 48.6 Å². The molecule has 3 nitrogen and oxygen atoms in total. The Morgan fingerprint density at radius 1 is 1.13 bits per heavy atom. The summed E-state index contributed by atoms with van der Waals surface area (Å²) >= 11 is 5.93. The second kappa shape index (κ2) is 9.59. The molecule has 114 valence electrons. The fourth-order valence-corrected chi connectivity index (χ4v) is 2.25. The molecule has 2 aromatic rings. The third-order valence-electron chi connectivity index (χ3n) is 3.26. The number of aliphatic hydroxyl groups excluding tert-OH is 1. The molecule has 5 heteroatoms. The number of carbonyl (C=O) groups excluding carboxylic acids is 1. The first-order valence-corrected chi connectivity index (χ1v) is 7.34. The number of carbonyl (C=O) groups is 1. The van der Waals surface area contributed by atoms with Gasteiger partial charge in [-0.1, -0.05) is 60.2 Å². The molecule has 2 rings (SSSR count). The van der Waals surface area contributed by atoms with Crippen LogP contribution in [-0.2, 0) is 4.79 Å². The van der Waals surface area contributed by atoms with E-state index in [1.54, 1.807) is 12.1 Å². The maximum Gasteiger partial charge on any atom is 1.00 e. The zero-order valence-electron chi connectivity index (χ0n) is 12.9. The van der Waals surface area contributed by atoms with Crippen LogP contribution >= 0.6 is 11.6 Å². The predicted molar refractivity (Wildman–Crippen MR) is 86.0 cm³/mol. The quantitative estimate of drug-likeness (QED) is 0.605. The van der Waals surface area contributed by atoms with E-state index in [9.17, 15) is 15.0 Å². The molecule has 2 aromatic carbocycles. The molecule has 0 radical (unpaired) electrons. The summed E-state index contributed by atoms with van der Waals surface area (Å²) in [6, 6.07) is 14.9. The maximum absolute atomic E-state index is 10.4. The van der Waals surface area contributed by atoms with Gasteiger partial charge in [-0.15, -0.1) is 0 Å². The molecule has 1 atom stereocenters. The molecule has 0 heterocycles. The topological polar surface area (TPSA) is 60.4 Å². The van der Waals surface area contributed by atoms with Crippen LogP contribution in [0.2, 0.25) is 5.02 Å². The van der Waals surface area contributed by atoms with Crippen LogP contribution in [0.3, 0.4) is 0 Å². The molecular weight excluding hydrogens is 307 g/mol. The number of aliphatic hydroxyl groups is 1. The van der Waals surface area contributed by atoms with E-state index < -0.39 is 12.1 Å². The number of carboxylic acid groups (broad SMARTS) is 1. The van der Waals surface area contributed by atoms with Crippen molar-refractivity contribution in [3.63, 3.8) is 0 Å². The van der Waals surface area contributed by atoms with Gasteiger partial charge in [0.2, 0.25) is 0 Å². The molecule has 0 saturated heterocycles. The van der Waals surface area contributed by atoms with Crippen molar-refractivity contribution >= 4 is 29.7 Å². The van der Waals surface area contributed by atoms with Gasteiger partial charge in [0.05, 0.1) is 6.10 Å². The number of rotatable bonds is 6. The van der Waals surface area contributed by atoms with Crippen molar-refractivity contribution in [3.05, 3.63) is 70.2 Å². The molecule has 0 fully saturated rings. The first kappa shape index (κ1) is 19.5. The molecule has 1 unspecified atom stereocenters. The third-order valence-corrected chi connectivity index (χ3v) is 3.50. The molecule has 0 aliphatic rings. The largest absolute Gasteiger partial charge is 1.00 e. The summed E-state index contributed by atoms with van der Waals surface area (Å²) in [4.78, 5) is 10.4. The molecule has 0 aliphatic carbocycles. The van der Waals surface area contributed by atoms with E-state index in [0.29, 0.717) is 10.6 Å². The average molecular weight is 323 g/mol. The molecule has 0 amide bonds. The van der Waals surface area contributed by atoms with Crippen molar-refractivity contribution < 1.29 is 33.9 Å². The molecule has 1 N–H and O–H groups in total. The number of benzene rings is 2. The van der Waals surface area contributed by atoms with Gasteiger partial charge in [0.15, 0.2) is 0 Å². The van der Waals surface area contributed by atoms with E-state index in [1.165, 1.54) is 0 Å². The van der Waals surface area contributed by atoms with Crippen molar-refractivity contribution in [2.45, 2.75) is 18.9 Å². The summed E-state index contributed by atoms with van der Waals surface area (Å²) in [5.41, 5.74) is 2.68. The van der Waals surface area contributed by atoms with Gasteiger partial charge in [-0.05, 0) is 41.7 Å². The third kappa shape index (κ3) is 6.64. The minimum atomic E-state index is -1.15. The number of hydrogen-bond acceptors (Lipinski definition) is 3. The summed E-state index contributed by atoms with van der Waals surface area (Å²) in [5.74, 6) is -1.15. The number of aliphatic carboxylic acids is 1. The Kier molecular flexibility index (Phi) is 8.15. The number of halogens is 1. The summed E-state index contributed by atoms with van der Waals surface area (Å²) in [6.07, 6.45) is 3.11. The Balaban J connectivity index is 0.00000264. The molecule has 0 aromatic heterocycles. The predicted octanol–water partition coefficient (Wildman–Crippen LogP) is 0.0779. The van der Waals surface area contributed by atoms with Crippen LogP contribution in [0, 0.1) is 0 Å². The van der Waals surface area contributed by atoms with E-state index in [2.05, 4.69) is 0 Å². The minimum Gasteiger partial charge on any atom is -0.550 e. The van der Waals surface area contributed by atoms with Gasteiger partial charge in [0.1, 0.15) is 0 Å². The van der Waals surface area contributed by atoms with Crippen LogP contribution < -0.4 is 24.0 Å². The molecule has 23 heavy (non-hydrogen) atoms. The normalized spacial score (nSPS) is 11.9. The van der Waals surface area contributed by atoms with Crippen molar-refractivity contribution in [1.29, 1.82) is 0 Å². The first-order valence-electron chi connectivity index (χ1n) is 6.96. The van der Waals surface area contributed by atoms with Gasteiger partial charge in [0.25, 0.3) is 0 Å². The van der Waals surface area contributed by atoms with Crippen molar-refractivity contribution in [3.8, 4) is 0 Å². The van der Waals surface area contributed by atoms with Crippen LogP contribution in [0.4, 0.5) is 0 Å². The van der Waals surface area contributed by atoms with Gasteiger partial charge in [-0.3, -0.25) is 0 Å². The van der Waals surface area contributed by atoms with Crippen molar-refractivity contribution in [2.75, 3.05) is 0 Å². The Hall–Kier alpha value is -1.50. The molecule has 0 aliphatic heterocycles. The van der Waals surface area contributed by atoms with Crippen LogP contribution in [0.15, 0.2) is 48.5 Å². The van der Waals surface area contributed by atoms with Crippen LogP contribution in [-0.4, -0.2) is 11.1 Å². The maximum atomic E-state index is 10.4. The van der Waals surface area contributed by atoms with Crippen LogP contribution in [0.25, 0.3) is 12.2 Å². The van der Waals surface area contributed by atoms with Crippen LogP contribution in [0.1, 0.15) is 35.6 Å². The number of hydrogen-bond donors (Lipinski definition) is 1. The van der Waals surface area contributed by atoms with Crippen molar-refractivity contribution in [2.24, 2.45) is 0 Å². The first-order chi connectivity index (χ1) is 10.5. The Bertz CT molecular complexity index is 668. The van der Waals surface area contributed by atoms with E-state index in [0.717, 1.165) is 11.1 Å². The van der Waals surface area contributed by atoms with E-state index >= 15 is 0 Å². The van der Waals surface area contributed by atoms with Gasteiger partial charge >= 0.3 is 18.9 Å². The van der Waals surface area contributed by atoms with Gasteiger partial charge in [-0.25, -0.2) is 0 Å².